The van der Waals surface area contributed by atoms with Crippen molar-refractivity contribution in [2.24, 2.45) is 0 Å². The highest BCUT2D eigenvalue weighted by atomic mass is 16.3. The van der Waals surface area contributed by atoms with Gasteiger partial charge in [-0.3, -0.25) is 0 Å². The third-order valence-corrected chi connectivity index (χ3v) is 5.23. The van der Waals surface area contributed by atoms with Crippen LogP contribution in [-0.2, 0) is 0 Å². The molecule has 0 aliphatic rings. The predicted molar refractivity (Wildman–Crippen MR) is 111 cm³/mol. The number of hydrogen-bond acceptors (Lipinski definition) is 1. The van der Waals surface area contributed by atoms with E-state index in [4.69, 9.17) is 4.42 Å². The Hall–Kier alpha value is -3.06. The van der Waals surface area contributed by atoms with Crippen molar-refractivity contribution in [3.63, 3.8) is 0 Å². The van der Waals surface area contributed by atoms with E-state index in [1.165, 1.54) is 38.2 Å². The zero-order valence-corrected chi connectivity index (χ0v) is 15.0. The summed E-state index contributed by atoms with van der Waals surface area (Å²) in [7, 11) is 0. The zero-order chi connectivity index (χ0) is 17.7. The molecule has 4 aromatic carbocycles. The van der Waals surface area contributed by atoms with E-state index in [1.807, 2.05) is 0 Å². The van der Waals surface area contributed by atoms with Crippen molar-refractivity contribution in [2.45, 2.75) is 19.8 Å². The lowest BCUT2D eigenvalue weighted by Gasteiger charge is -2.04. The van der Waals surface area contributed by atoms with Gasteiger partial charge in [-0.1, -0.05) is 74.5 Å². The second kappa shape index (κ2) is 5.74. The van der Waals surface area contributed by atoms with Crippen LogP contribution in [0.15, 0.2) is 83.3 Å². The summed E-state index contributed by atoms with van der Waals surface area (Å²) in [6.07, 6.45) is 0. The number of rotatable bonds is 2. The van der Waals surface area contributed by atoms with Crippen LogP contribution in [0.5, 0.6) is 0 Å². The largest absolute Gasteiger partial charge is 0.456 e. The van der Waals surface area contributed by atoms with Crippen LogP contribution in [0.1, 0.15) is 25.3 Å². The Morgan fingerprint density at radius 3 is 2.27 bits per heavy atom. The molecule has 0 N–H and O–H groups in total. The molecule has 126 valence electrons. The molecule has 0 saturated heterocycles. The van der Waals surface area contributed by atoms with E-state index in [2.05, 4.69) is 92.7 Å². The normalized spacial score (nSPS) is 11.8. The highest BCUT2D eigenvalue weighted by molar-refractivity contribution is 6.07. The van der Waals surface area contributed by atoms with E-state index in [-0.39, 0.29) is 0 Å². The quantitative estimate of drug-likeness (QED) is 0.325. The van der Waals surface area contributed by atoms with E-state index in [0.717, 1.165) is 11.2 Å². The van der Waals surface area contributed by atoms with Gasteiger partial charge in [-0.2, -0.15) is 0 Å². The van der Waals surface area contributed by atoms with Crippen molar-refractivity contribution in [1.29, 1.82) is 0 Å². The van der Waals surface area contributed by atoms with Crippen LogP contribution < -0.4 is 0 Å². The molecule has 0 aliphatic carbocycles. The van der Waals surface area contributed by atoms with Gasteiger partial charge in [0.1, 0.15) is 11.2 Å². The van der Waals surface area contributed by atoms with Crippen molar-refractivity contribution in [1.82, 2.24) is 0 Å². The molecule has 0 atom stereocenters. The molecule has 1 heterocycles. The number of para-hydroxylation sites is 1. The molecule has 1 heteroatoms. The van der Waals surface area contributed by atoms with Gasteiger partial charge in [0.2, 0.25) is 0 Å². The second-order valence-electron chi connectivity index (χ2n) is 7.25. The lowest BCUT2D eigenvalue weighted by atomic mass is 9.98. The van der Waals surface area contributed by atoms with Gasteiger partial charge < -0.3 is 4.42 Å². The van der Waals surface area contributed by atoms with Crippen LogP contribution in [0.25, 0.3) is 43.8 Å². The zero-order valence-electron chi connectivity index (χ0n) is 15.0. The summed E-state index contributed by atoms with van der Waals surface area (Å²) in [6.45, 7) is 4.42. The average Bonchev–Trinajstić information content (AvgIpc) is 3.05. The van der Waals surface area contributed by atoms with Crippen LogP contribution in [0.2, 0.25) is 0 Å². The standard InChI is InChI=1S/C25H20O/c1-16(2)21-8-5-9-23-22-13-12-20(15-24(22)26-25(21)23)19-11-10-17-6-3-4-7-18(17)14-19/h3-16H,1-2H3. The maximum Gasteiger partial charge on any atom is 0.138 e. The van der Waals surface area contributed by atoms with Gasteiger partial charge in [0.15, 0.2) is 0 Å². The average molecular weight is 336 g/mol. The molecule has 26 heavy (non-hydrogen) atoms. The fourth-order valence-electron chi connectivity index (χ4n) is 3.82. The molecule has 0 unspecified atom stereocenters. The van der Waals surface area contributed by atoms with Crippen LogP contribution in [-0.4, -0.2) is 0 Å². The lowest BCUT2D eigenvalue weighted by Crippen LogP contribution is -1.86. The maximum absolute atomic E-state index is 6.29. The van der Waals surface area contributed by atoms with Gasteiger partial charge >= 0.3 is 0 Å². The molecular weight excluding hydrogens is 316 g/mol. The van der Waals surface area contributed by atoms with E-state index in [1.54, 1.807) is 0 Å². The highest BCUT2D eigenvalue weighted by Crippen LogP contribution is 2.36. The Bertz CT molecular complexity index is 1260. The molecule has 0 bridgehead atoms. The summed E-state index contributed by atoms with van der Waals surface area (Å²) in [4.78, 5) is 0. The van der Waals surface area contributed by atoms with Crippen molar-refractivity contribution < 1.29 is 4.42 Å². The predicted octanol–water partition coefficient (Wildman–Crippen LogP) is 7.53. The molecule has 0 spiro atoms. The molecule has 0 aliphatic heterocycles. The molecular formula is C25H20O. The van der Waals surface area contributed by atoms with Crippen LogP contribution in [0.4, 0.5) is 0 Å². The van der Waals surface area contributed by atoms with Gasteiger partial charge in [-0.05, 0) is 51.6 Å². The minimum Gasteiger partial charge on any atom is -0.456 e. The topological polar surface area (TPSA) is 13.1 Å². The molecule has 1 nitrogen and oxygen atoms in total. The van der Waals surface area contributed by atoms with E-state index in [9.17, 15) is 0 Å². The van der Waals surface area contributed by atoms with Crippen LogP contribution in [0.3, 0.4) is 0 Å². The van der Waals surface area contributed by atoms with Gasteiger partial charge in [-0.15, -0.1) is 0 Å². The van der Waals surface area contributed by atoms with Gasteiger partial charge in [0.25, 0.3) is 0 Å². The van der Waals surface area contributed by atoms with Crippen LogP contribution in [0, 0.1) is 0 Å². The van der Waals surface area contributed by atoms with Crippen LogP contribution >= 0.6 is 0 Å². The number of hydrogen-bond donors (Lipinski definition) is 0. The third-order valence-electron chi connectivity index (χ3n) is 5.23. The summed E-state index contributed by atoms with van der Waals surface area (Å²) in [5.74, 6) is 0.444. The third kappa shape index (κ3) is 2.32. The first-order chi connectivity index (χ1) is 12.7. The van der Waals surface area contributed by atoms with Crippen molar-refractivity contribution >= 4 is 32.7 Å². The van der Waals surface area contributed by atoms with Crippen molar-refractivity contribution in [3.8, 4) is 11.1 Å². The SMILES string of the molecule is CC(C)c1cccc2c1oc1cc(-c3ccc4ccccc4c3)ccc12. The maximum atomic E-state index is 6.29. The number of fused-ring (bicyclic) bond motifs is 4. The molecule has 0 fully saturated rings. The fourth-order valence-corrected chi connectivity index (χ4v) is 3.82. The Balaban J connectivity index is 1.71. The molecule has 0 saturated carbocycles. The summed E-state index contributed by atoms with van der Waals surface area (Å²) in [5.41, 5.74) is 5.65. The Morgan fingerprint density at radius 2 is 1.42 bits per heavy atom. The molecule has 0 radical (unpaired) electrons. The second-order valence-corrected chi connectivity index (χ2v) is 7.25. The fraction of sp³-hybridized carbons (Fsp3) is 0.120. The Morgan fingerprint density at radius 1 is 0.654 bits per heavy atom. The van der Waals surface area contributed by atoms with E-state index in [0.29, 0.717) is 5.92 Å². The summed E-state index contributed by atoms with van der Waals surface area (Å²) in [6, 6.07) is 28.1. The number of benzene rings is 4. The highest BCUT2D eigenvalue weighted by Gasteiger charge is 2.13. The molecule has 1 aromatic heterocycles. The first kappa shape index (κ1) is 15.2. The minimum atomic E-state index is 0.444. The van der Waals surface area contributed by atoms with Gasteiger partial charge in [-0.25, -0.2) is 0 Å². The summed E-state index contributed by atoms with van der Waals surface area (Å²) in [5, 5.41) is 4.92. The Labute approximate surface area is 152 Å². The first-order valence-corrected chi connectivity index (χ1v) is 9.15. The van der Waals surface area contributed by atoms with Gasteiger partial charge in [0.05, 0.1) is 0 Å². The molecule has 5 rings (SSSR count). The van der Waals surface area contributed by atoms with E-state index < -0.39 is 0 Å². The summed E-state index contributed by atoms with van der Waals surface area (Å²) < 4.78 is 6.29. The minimum absolute atomic E-state index is 0.444. The van der Waals surface area contributed by atoms with Crippen molar-refractivity contribution in [2.75, 3.05) is 0 Å². The van der Waals surface area contributed by atoms with Gasteiger partial charge in [0, 0.05) is 10.8 Å². The molecule has 0 amide bonds. The first-order valence-electron chi connectivity index (χ1n) is 9.15. The smallest absolute Gasteiger partial charge is 0.138 e. The van der Waals surface area contributed by atoms with Crippen molar-refractivity contribution in [3.05, 3.63) is 84.4 Å². The van der Waals surface area contributed by atoms with E-state index >= 15 is 0 Å². The lowest BCUT2D eigenvalue weighted by molar-refractivity contribution is 0.657. The summed E-state index contributed by atoms with van der Waals surface area (Å²) >= 11 is 0. The molecule has 5 aromatic rings. The Kier molecular flexibility index (Phi) is 3.36. The monoisotopic (exact) mass is 336 g/mol. The number of furan rings is 1.